The number of allylic oxidation sites excluding steroid dienone is 13. The Balaban J connectivity index is 3.44. The smallest absolute Gasteiger partial charge is 0.220 e. The first-order valence-electron chi connectivity index (χ1n) is 30.8. The Morgan fingerprint density at radius 1 is 0.357 bits per heavy atom. The van der Waals surface area contributed by atoms with Crippen molar-refractivity contribution in [1.29, 1.82) is 0 Å². The number of carbonyl (C=O) groups is 1. The highest BCUT2D eigenvalue weighted by atomic mass is 16.3. The highest BCUT2D eigenvalue weighted by Gasteiger charge is 2.18. The molecule has 2 unspecified atom stereocenters. The van der Waals surface area contributed by atoms with Gasteiger partial charge in [0.1, 0.15) is 0 Å². The lowest BCUT2D eigenvalue weighted by molar-refractivity contribution is -0.123. The topological polar surface area (TPSA) is 69.6 Å². The molecule has 0 aromatic rings. The van der Waals surface area contributed by atoms with Crippen LogP contribution in [-0.4, -0.2) is 34.9 Å². The zero-order valence-electron chi connectivity index (χ0n) is 46.8. The van der Waals surface area contributed by atoms with Crippen LogP contribution in [0.3, 0.4) is 0 Å². The molecule has 0 fully saturated rings. The van der Waals surface area contributed by atoms with E-state index >= 15 is 0 Å². The van der Waals surface area contributed by atoms with Crippen LogP contribution in [0.5, 0.6) is 0 Å². The number of carbonyl (C=O) groups excluding carboxylic acids is 1. The van der Waals surface area contributed by atoms with E-state index in [2.05, 4.69) is 92.1 Å². The molecule has 4 heteroatoms. The fourth-order valence-electron chi connectivity index (χ4n) is 9.24. The van der Waals surface area contributed by atoms with Gasteiger partial charge in [-0.05, 0) is 70.6 Å². The van der Waals surface area contributed by atoms with Crippen molar-refractivity contribution < 1.29 is 15.0 Å². The predicted octanol–water partition coefficient (Wildman–Crippen LogP) is 20.7. The van der Waals surface area contributed by atoms with Crippen molar-refractivity contribution in [1.82, 2.24) is 5.32 Å². The molecule has 0 aliphatic carbocycles. The van der Waals surface area contributed by atoms with Crippen LogP contribution in [0.15, 0.2) is 85.1 Å². The molecule has 0 bridgehead atoms. The molecule has 0 saturated heterocycles. The highest BCUT2D eigenvalue weighted by molar-refractivity contribution is 5.76. The zero-order chi connectivity index (χ0) is 50.6. The lowest BCUT2D eigenvalue weighted by Crippen LogP contribution is -2.45. The van der Waals surface area contributed by atoms with E-state index < -0.39 is 12.1 Å². The van der Waals surface area contributed by atoms with Crippen molar-refractivity contribution in [3.8, 4) is 0 Å². The number of amides is 1. The van der Waals surface area contributed by atoms with Crippen molar-refractivity contribution in [2.24, 2.45) is 0 Å². The molecule has 0 radical (unpaired) electrons. The maximum absolute atomic E-state index is 12.5. The van der Waals surface area contributed by atoms with E-state index in [9.17, 15) is 15.0 Å². The van der Waals surface area contributed by atoms with Gasteiger partial charge >= 0.3 is 0 Å². The van der Waals surface area contributed by atoms with E-state index in [0.717, 1.165) is 64.2 Å². The van der Waals surface area contributed by atoms with Gasteiger partial charge in [-0.2, -0.15) is 0 Å². The summed E-state index contributed by atoms with van der Waals surface area (Å²) in [7, 11) is 0. The van der Waals surface area contributed by atoms with Gasteiger partial charge in [0.25, 0.3) is 0 Å². The highest BCUT2D eigenvalue weighted by Crippen LogP contribution is 2.17. The first kappa shape index (κ1) is 67.6. The molecule has 0 aliphatic rings. The minimum Gasteiger partial charge on any atom is -0.394 e. The van der Waals surface area contributed by atoms with E-state index in [1.54, 1.807) is 6.08 Å². The number of hydrogen-bond donors (Lipinski definition) is 3. The summed E-state index contributed by atoms with van der Waals surface area (Å²) in [6.45, 7) is 4.21. The van der Waals surface area contributed by atoms with Crippen LogP contribution in [0.4, 0.5) is 0 Å². The number of hydrogen-bond acceptors (Lipinski definition) is 3. The Kier molecular flexibility index (Phi) is 58.8. The van der Waals surface area contributed by atoms with Crippen molar-refractivity contribution >= 4 is 5.91 Å². The van der Waals surface area contributed by atoms with Gasteiger partial charge in [0.2, 0.25) is 5.91 Å². The summed E-state index contributed by atoms with van der Waals surface area (Å²) < 4.78 is 0. The summed E-state index contributed by atoms with van der Waals surface area (Å²) in [5, 5.41) is 23.2. The second-order valence-corrected chi connectivity index (χ2v) is 20.7. The Morgan fingerprint density at radius 3 is 0.943 bits per heavy atom. The zero-order valence-corrected chi connectivity index (χ0v) is 46.8. The average molecular weight is 975 g/mol. The van der Waals surface area contributed by atoms with Gasteiger partial charge in [-0.25, -0.2) is 0 Å². The third kappa shape index (κ3) is 56.5. The summed E-state index contributed by atoms with van der Waals surface area (Å²) in [4.78, 5) is 12.5. The average Bonchev–Trinajstić information content (AvgIpc) is 3.36. The van der Waals surface area contributed by atoms with Crippen molar-refractivity contribution in [2.75, 3.05) is 6.61 Å². The van der Waals surface area contributed by atoms with Crippen LogP contribution in [0.1, 0.15) is 309 Å². The first-order valence-corrected chi connectivity index (χ1v) is 30.8. The molecule has 0 saturated carbocycles. The van der Waals surface area contributed by atoms with Gasteiger partial charge < -0.3 is 15.5 Å². The minimum absolute atomic E-state index is 0.0605. The number of aliphatic hydroxyl groups excluding tert-OH is 2. The third-order valence-electron chi connectivity index (χ3n) is 13.9. The van der Waals surface area contributed by atoms with Crippen LogP contribution in [0.25, 0.3) is 0 Å². The first-order chi connectivity index (χ1) is 34.7. The Bertz CT molecular complexity index is 1240. The van der Waals surface area contributed by atoms with Crippen LogP contribution in [0, 0.1) is 0 Å². The summed E-state index contributed by atoms with van der Waals surface area (Å²) in [5.74, 6) is -0.0605. The van der Waals surface area contributed by atoms with E-state index in [0.29, 0.717) is 6.42 Å². The van der Waals surface area contributed by atoms with Crippen LogP contribution in [-0.2, 0) is 4.79 Å². The molecule has 1 amide bonds. The molecule has 0 aliphatic heterocycles. The van der Waals surface area contributed by atoms with E-state index in [4.69, 9.17) is 0 Å². The van der Waals surface area contributed by atoms with Crippen molar-refractivity contribution in [3.63, 3.8) is 0 Å². The Morgan fingerprint density at radius 2 is 0.629 bits per heavy atom. The lowest BCUT2D eigenvalue weighted by atomic mass is 10.0. The fourth-order valence-corrected chi connectivity index (χ4v) is 9.24. The normalized spacial score (nSPS) is 13.4. The second-order valence-electron chi connectivity index (χ2n) is 20.7. The third-order valence-corrected chi connectivity index (χ3v) is 13.9. The van der Waals surface area contributed by atoms with Gasteiger partial charge in [0.15, 0.2) is 0 Å². The maximum atomic E-state index is 12.5. The summed E-state index contributed by atoms with van der Waals surface area (Å²) >= 11 is 0. The molecule has 3 N–H and O–H groups in total. The molecule has 406 valence electrons. The van der Waals surface area contributed by atoms with Gasteiger partial charge in [-0.15, -0.1) is 0 Å². The Labute approximate surface area is 437 Å². The molecule has 4 nitrogen and oxygen atoms in total. The molecule has 2 atom stereocenters. The van der Waals surface area contributed by atoms with Gasteiger partial charge in [-0.1, -0.05) is 317 Å². The van der Waals surface area contributed by atoms with E-state index in [1.165, 1.54) is 225 Å². The SMILES string of the molecule is CC/C=C\C/C=C\C/C=C\C/C=C\C/C=C\C/C=C\CCCCCCCCCCCCCCCCCCCCCCCCC(=O)NC(CO)C(O)/C=C/CCCCCCCCCCCCCCCCC. The van der Waals surface area contributed by atoms with Gasteiger partial charge in [-0.3, -0.25) is 4.79 Å². The quantitative estimate of drug-likeness (QED) is 0.0420. The predicted molar refractivity (Wildman–Crippen MR) is 313 cm³/mol. The molecular weight excluding hydrogens is 855 g/mol. The monoisotopic (exact) mass is 974 g/mol. The van der Waals surface area contributed by atoms with Crippen LogP contribution < -0.4 is 5.32 Å². The molecule has 0 rings (SSSR count). The van der Waals surface area contributed by atoms with Gasteiger partial charge in [0.05, 0.1) is 18.8 Å². The molecule has 0 aromatic carbocycles. The van der Waals surface area contributed by atoms with E-state index in [1.807, 2.05) is 6.08 Å². The fraction of sp³-hybridized carbons (Fsp3) is 0.773. The summed E-state index contributed by atoms with van der Waals surface area (Å²) in [6.07, 6.45) is 89.1. The second kappa shape index (κ2) is 60.9. The summed E-state index contributed by atoms with van der Waals surface area (Å²) in [5.41, 5.74) is 0. The number of nitrogens with one attached hydrogen (secondary N) is 1. The molecule has 0 heterocycles. The van der Waals surface area contributed by atoms with Crippen molar-refractivity contribution in [2.45, 2.75) is 321 Å². The molecule has 70 heavy (non-hydrogen) atoms. The molecule has 0 aromatic heterocycles. The van der Waals surface area contributed by atoms with E-state index in [-0.39, 0.29) is 12.5 Å². The van der Waals surface area contributed by atoms with Gasteiger partial charge in [0, 0.05) is 6.42 Å². The molecule has 0 spiro atoms. The Hall–Kier alpha value is -2.43. The largest absolute Gasteiger partial charge is 0.394 e. The van der Waals surface area contributed by atoms with Crippen molar-refractivity contribution in [3.05, 3.63) is 85.1 Å². The number of unbranched alkanes of at least 4 members (excludes halogenated alkanes) is 37. The summed E-state index contributed by atoms with van der Waals surface area (Å²) in [6, 6.07) is -0.623. The lowest BCUT2D eigenvalue weighted by Gasteiger charge is -2.20. The van der Waals surface area contributed by atoms with Crippen LogP contribution >= 0.6 is 0 Å². The van der Waals surface area contributed by atoms with Crippen LogP contribution in [0.2, 0.25) is 0 Å². The minimum atomic E-state index is -0.840. The number of rotatable bonds is 56. The maximum Gasteiger partial charge on any atom is 0.220 e. The standard InChI is InChI=1S/C66H119NO3/c1-3-5-7-9-11-13-15-17-19-21-22-23-24-25-26-27-28-29-30-31-32-33-34-35-36-37-38-39-40-41-42-43-44-46-48-50-52-54-56-58-60-62-66(70)67-64(63-68)65(69)61-59-57-55-53-51-49-47-45-20-18-16-14-12-10-8-6-4-2/h5,7,11,13,17,19,22-23,25-26,28-29,59,61,64-65,68-69H,3-4,6,8-10,12,14-16,18,20-21,24,27,30-58,60,62-63H2,1-2H3,(H,67,70)/b7-5-,13-11-,19-17-,23-22-,26-25-,29-28-,61-59+. The molecular formula is C66H119NO3. The number of aliphatic hydroxyl groups is 2.